The SMILES string of the molecule is Cc1ccccc1-n1ncc(C(=O)Nc2n[nH]c3cccnc23)c1C(F)F. The summed E-state index contributed by atoms with van der Waals surface area (Å²) in [5.74, 6) is -0.566. The summed E-state index contributed by atoms with van der Waals surface area (Å²) in [6, 6.07) is 10.4. The average molecular weight is 368 g/mol. The maximum Gasteiger partial charge on any atom is 0.281 e. The monoisotopic (exact) mass is 368 g/mol. The number of para-hydroxylation sites is 1. The van der Waals surface area contributed by atoms with E-state index < -0.39 is 18.0 Å². The molecule has 0 saturated heterocycles. The molecule has 2 N–H and O–H groups in total. The van der Waals surface area contributed by atoms with Crippen molar-refractivity contribution in [2.75, 3.05) is 5.32 Å². The van der Waals surface area contributed by atoms with Crippen LogP contribution in [-0.2, 0) is 0 Å². The van der Waals surface area contributed by atoms with Gasteiger partial charge in [-0.1, -0.05) is 18.2 Å². The van der Waals surface area contributed by atoms with Crippen molar-refractivity contribution < 1.29 is 13.6 Å². The summed E-state index contributed by atoms with van der Waals surface area (Å²) in [5.41, 5.74) is 1.61. The van der Waals surface area contributed by atoms with E-state index in [1.807, 2.05) is 0 Å². The lowest BCUT2D eigenvalue weighted by molar-refractivity contribution is 0.100. The second-order valence-electron chi connectivity index (χ2n) is 5.87. The van der Waals surface area contributed by atoms with E-state index in [0.29, 0.717) is 16.7 Å². The number of amides is 1. The zero-order valence-corrected chi connectivity index (χ0v) is 14.1. The molecule has 1 amide bonds. The number of aromatic nitrogens is 5. The van der Waals surface area contributed by atoms with Crippen LogP contribution in [0.1, 0.15) is 28.0 Å². The Balaban J connectivity index is 1.73. The van der Waals surface area contributed by atoms with Gasteiger partial charge in [-0.05, 0) is 30.7 Å². The highest BCUT2D eigenvalue weighted by Gasteiger charge is 2.26. The van der Waals surface area contributed by atoms with E-state index in [1.54, 1.807) is 49.5 Å². The highest BCUT2D eigenvalue weighted by atomic mass is 19.3. The van der Waals surface area contributed by atoms with E-state index in [9.17, 15) is 13.6 Å². The van der Waals surface area contributed by atoms with Gasteiger partial charge in [0.1, 0.15) is 11.2 Å². The second-order valence-corrected chi connectivity index (χ2v) is 5.87. The molecule has 9 heteroatoms. The Morgan fingerprint density at radius 3 is 2.81 bits per heavy atom. The standard InChI is InChI=1S/C18H14F2N6O/c1-10-5-2-3-7-13(10)26-15(16(19)20)11(9-22-26)18(27)23-17-14-12(24-25-17)6-4-8-21-14/h2-9,16H,1H3,(H2,23,24,25,27). The number of hydrogen-bond donors (Lipinski definition) is 2. The van der Waals surface area contributed by atoms with Crippen LogP contribution in [0.3, 0.4) is 0 Å². The number of rotatable bonds is 4. The first kappa shape index (κ1) is 16.8. The van der Waals surface area contributed by atoms with Gasteiger partial charge in [0, 0.05) is 6.20 Å². The number of pyridine rings is 1. The fourth-order valence-corrected chi connectivity index (χ4v) is 2.85. The second kappa shape index (κ2) is 6.60. The molecule has 1 aromatic carbocycles. The first-order chi connectivity index (χ1) is 13.1. The molecule has 3 heterocycles. The number of nitrogens with one attached hydrogen (secondary N) is 2. The minimum absolute atomic E-state index is 0.166. The number of benzene rings is 1. The summed E-state index contributed by atoms with van der Waals surface area (Å²) in [4.78, 5) is 16.8. The molecule has 0 aliphatic carbocycles. The Kier molecular flexibility index (Phi) is 4.11. The third kappa shape index (κ3) is 2.92. The van der Waals surface area contributed by atoms with Gasteiger partial charge in [0.25, 0.3) is 12.3 Å². The van der Waals surface area contributed by atoms with E-state index >= 15 is 0 Å². The number of alkyl halides is 2. The van der Waals surface area contributed by atoms with E-state index in [2.05, 4.69) is 25.6 Å². The van der Waals surface area contributed by atoms with Crippen LogP contribution in [0.4, 0.5) is 14.6 Å². The Labute approximate surface area is 152 Å². The van der Waals surface area contributed by atoms with Gasteiger partial charge in [-0.3, -0.25) is 14.9 Å². The minimum Gasteiger partial charge on any atom is -0.303 e. The summed E-state index contributed by atoms with van der Waals surface area (Å²) in [6.45, 7) is 1.79. The molecule has 0 saturated carbocycles. The zero-order chi connectivity index (χ0) is 19.0. The predicted molar refractivity (Wildman–Crippen MR) is 95.1 cm³/mol. The van der Waals surface area contributed by atoms with Crippen molar-refractivity contribution in [3.63, 3.8) is 0 Å². The molecule has 4 rings (SSSR count). The van der Waals surface area contributed by atoms with Crippen LogP contribution in [0.15, 0.2) is 48.8 Å². The molecule has 0 aliphatic rings. The summed E-state index contributed by atoms with van der Waals surface area (Å²) in [6.07, 6.45) is -0.207. The Bertz CT molecular complexity index is 1130. The normalized spacial score (nSPS) is 11.3. The van der Waals surface area contributed by atoms with Crippen molar-refractivity contribution in [3.05, 3.63) is 65.6 Å². The van der Waals surface area contributed by atoms with Crippen molar-refractivity contribution in [1.29, 1.82) is 0 Å². The third-order valence-electron chi connectivity index (χ3n) is 4.15. The van der Waals surface area contributed by atoms with Crippen LogP contribution >= 0.6 is 0 Å². The van der Waals surface area contributed by atoms with Crippen molar-refractivity contribution in [2.24, 2.45) is 0 Å². The predicted octanol–water partition coefficient (Wildman–Crippen LogP) is 3.64. The molecule has 0 atom stereocenters. The lowest BCUT2D eigenvalue weighted by Crippen LogP contribution is -2.15. The Hall–Kier alpha value is -3.62. The molecule has 4 aromatic rings. The van der Waals surface area contributed by atoms with E-state index in [-0.39, 0.29) is 11.4 Å². The lowest BCUT2D eigenvalue weighted by Gasteiger charge is -2.11. The molecule has 7 nitrogen and oxygen atoms in total. The van der Waals surface area contributed by atoms with Gasteiger partial charge in [0.05, 0.1) is 23.0 Å². The molecule has 27 heavy (non-hydrogen) atoms. The van der Waals surface area contributed by atoms with Crippen molar-refractivity contribution in [2.45, 2.75) is 13.3 Å². The van der Waals surface area contributed by atoms with E-state index in [4.69, 9.17) is 0 Å². The summed E-state index contributed by atoms with van der Waals surface area (Å²) in [5, 5.41) is 13.2. The number of H-pyrrole nitrogens is 1. The largest absolute Gasteiger partial charge is 0.303 e. The number of aryl methyl sites for hydroxylation is 1. The van der Waals surface area contributed by atoms with E-state index in [1.165, 1.54) is 0 Å². The van der Waals surface area contributed by atoms with Crippen LogP contribution in [0.5, 0.6) is 0 Å². The number of carbonyl (C=O) groups is 1. The Morgan fingerprint density at radius 2 is 2.04 bits per heavy atom. The maximum absolute atomic E-state index is 13.8. The number of aromatic amines is 1. The molecular weight excluding hydrogens is 354 g/mol. The van der Waals surface area contributed by atoms with Crippen LogP contribution in [0.25, 0.3) is 16.7 Å². The molecule has 0 unspecified atom stereocenters. The third-order valence-corrected chi connectivity index (χ3v) is 4.15. The van der Waals surface area contributed by atoms with Gasteiger partial charge in [-0.2, -0.15) is 10.2 Å². The Morgan fingerprint density at radius 1 is 1.22 bits per heavy atom. The van der Waals surface area contributed by atoms with Crippen LogP contribution in [0, 0.1) is 6.92 Å². The van der Waals surface area contributed by atoms with Crippen molar-refractivity contribution in [3.8, 4) is 5.69 Å². The summed E-state index contributed by atoms with van der Waals surface area (Å²) in [7, 11) is 0. The topological polar surface area (TPSA) is 88.5 Å². The highest BCUT2D eigenvalue weighted by Crippen LogP contribution is 2.28. The molecule has 0 spiro atoms. The minimum atomic E-state index is -2.89. The van der Waals surface area contributed by atoms with Crippen LogP contribution in [0.2, 0.25) is 0 Å². The summed E-state index contributed by atoms with van der Waals surface area (Å²) < 4.78 is 28.6. The molecule has 0 bridgehead atoms. The number of fused-ring (bicyclic) bond motifs is 1. The molecular formula is C18H14F2N6O. The number of nitrogens with zero attached hydrogens (tertiary/aromatic N) is 4. The van der Waals surface area contributed by atoms with Gasteiger partial charge < -0.3 is 5.32 Å². The quantitative estimate of drug-likeness (QED) is 0.576. The number of hydrogen-bond acceptors (Lipinski definition) is 4. The molecule has 0 fully saturated rings. The smallest absolute Gasteiger partial charge is 0.281 e. The lowest BCUT2D eigenvalue weighted by atomic mass is 10.2. The van der Waals surface area contributed by atoms with Gasteiger partial charge >= 0.3 is 0 Å². The fraction of sp³-hybridized carbons (Fsp3) is 0.111. The maximum atomic E-state index is 13.8. The zero-order valence-electron chi connectivity index (χ0n) is 14.1. The molecule has 136 valence electrons. The van der Waals surface area contributed by atoms with Crippen molar-refractivity contribution in [1.82, 2.24) is 25.0 Å². The van der Waals surface area contributed by atoms with Crippen molar-refractivity contribution >= 4 is 22.8 Å². The number of anilines is 1. The van der Waals surface area contributed by atoms with Gasteiger partial charge in [0.15, 0.2) is 5.82 Å². The molecule has 0 aliphatic heterocycles. The van der Waals surface area contributed by atoms with E-state index in [0.717, 1.165) is 16.4 Å². The van der Waals surface area contributed by atoms with Gasteiger partial charge in [-0.25, -0.2) is 13.5 Å². The van der Waals surface area contributed by atoms with Gasteiger partial charge in [0.2, 0.25) is 0 Å². The van der Waals surface area contributed by atoms with Gasteiger partial charge in [-0.15, -0.1) is 0 Å². The van der Waals surface area contributed by atoms with Crippen LogP contribution < -0.4 is 5.32 Å². The number of carbonyl (C=O) groups excluding carboxylic acids is 1. The highest BCUT2D eigenvalue weighted by molar-refractivity contribution is 6.07. The molecule has 0 radical (unpaired) electrons. The summed E-state index contributed by atoms with van der Waals surface area (Å²) >= 11 is 0. The first-order valence-electron chi connectivity index (χ1n) is 8.09. The van der Waals surface area contributed by atoms with Crippen LogP contribution in [-0.4, -0.2) is 30.9 Å². The molecule has 3 aromatic heterocycles. The fourth-order valence-electron chi connectivity index (χ4n) is 2.85. The average Bonchev–Trinajstić information content (AvgIpc) is 3.27. The first-order valence-corrected chi connectivity index (χ1v) is 8.09. The number of halogens is 2.